The largest absolute Gasteiger partial charge is 0.456 e. The van der Waals surface area contributed by atoms with E-state index in [0.29, 0.717) is 41.2 Å². The molecule has 4 aliphatic rings. The van der Waals surface area contributed by atoms with Crippen molar-refractivity contribution in [3.8, 4) is 0 Å². The minimum Gasteiger partial charge on any atom is -0.456 e. The molecule has 2 saturated heterocycles. The van der Waals surface area contributed by atoms with Crippen LogP contribution in [-0.4, -0.2) is 82.2 Å². The number of aromatic nitrogens is 3. The van der Waals surface area contributed by atoms with E-state index in [1.807, 2.05) is 0 Å². The highest BCUT2D eigenvalue weighted by Crippen LogP contribution is 2.60. The topological polar surface area (TPSA) is 97.8 Å². The van der Waals surface area contributed by atoms with Crippen LogP contribution in [0.5, 0.6) is 0 Å². The third kappa shape index (κ3) is 6.44. The molecule has 1 spiro atoms. The Morgan fingerprint density at radius 2 is 1.72 bits per heavy atom. The number of benzene rings is 1. The van der Waals surface area contributed by atoms with Gasteiger partial charge in [-0.15, -0.1) is 11.3 Å². The standard InChI is InChI=1S/C35H40F5N5O4S/c1-31(2,3)49-29(46)25-22(5-4-6-24(25)21-7-9-34(36,37)10-8-21)14-48-15-23-13-44(28-26-27(41-19-42-28)43-20-50-26)16-32(23)17-45(18-32)30(47)33(11-12-33)35(38,39)40/h4-6,19-21,23H,7-18H2,1-3H3. The van der Waals surface area contributed by atoms with Crippen molar-refractivity contribution in [2.24, 2.45) is 16.7 Å². The summed E-state index contributed by atoms with van der Waals surface area (Å²) in [5, 5.41) is 0. The summed E-state index contributed by atoms with van der Waals surface area (Å²) in [5.41, 5.74) is 0.202. The number of ether oxygens (including phenoxy) is 2. The zero-order valence-electron chi connectivity index (χ0n) is 28.2. The number of likely N-dealkylation sites (tertiary alicyclic amines) is 1. The number of rotatable bonds is 8. The van der Waals surface area contributed by atoms with E-state index in [2.05, 4.69) is 19.9 Å². The van der Waals surface area contributed by atoms with Gasteiger partial charge in [-0.1, -0.05) is 18.2 Å². The Hall–Kier alpha value is -3.46. The van der Waals surface area contributed by atoms with Gasteiger partial charge >= 0.3 is 12.1 Å². The molecule has 0 radical (unpaired) electrons. The van der Waals surface area contributed by atoms with Crippen molar-refractivity contribution in [1.29, 1.82) is 0 Å². The van der Waals surface area contributed by atoms with E-state index in [4.69, 9.17) is 9.47 Å². The van der Waals surface area contributed by atoms with Crippen LogP contribution in [0.4, 0.5) is 27.8 Å². The number of carbonyl (C=O) groups excluding carboxylic acids is 2. The number of fused-ring (bicyclic) bond motifs is 1. The summed E-state index contributed by atoms with van der Waals surface area (Å²) >= 11 is 1.40. The van der Waals surface area contributed by atoms with Gasteiger partial charge in [0.15, 0.2) is 11.5 Å². The first-order chi connectivity index (χ1) is 23.5. The van der Waals surface area contributed by atoms with Gasteiger partial charge in [0.2, 0.25) is 11.8 Å². The molecule has 0 N–H and O–H groups in total. The average Bonchev–Trinajstić information content (AvgIpc) is 3.56. The molecule has 1 aromatic carbocycles. The molecule has 2 aromatic heterocycles. The number of carbonyl (C=O) groups is 2. The quantitative estimate of drug-likeness (QED) is 0.179. The maximum absolute atomic E-state index is 14.0. The van der Waals surface area contributed by atoms with Gasteiger partial charge in [0.25, 0.3) is 0 Å². The Morgan fingerprint density at radius 1 is 1.00 bits per heavy atom. The Morgan fingerprint density at radius 3 is 2.38 bits per heavy atom. The number of alkyl halides is 5. The van der Waals surface area contributed by atoms with Crippen LogP contribution >= 0.6 is 11.3 Å². The zero-order valence-corrected chi connectivity index (χ0v) is 29.0. The highest BCUT2D eigenvalue weighted by molar-refractivity contribution is 7.17. The number of hydrogen-bond acceptors (Lipinski definition) is 9. The highest BCUT2D eigenvalue weighted by atomic mass is 32.1. The second-order valence-electron chi connectivity index (χ2n) is 15.4. The molecule has 2 aliphatic carbocycles. The van der Waals surface area contributed by atoms with E-state index in [9.17, 15) is 31.5 Å². The van der Waals surface area contributed by atoms with E-state index in [1.54, 1.807) is 44.5 Å². The fourth-order valence-corrected chi connectivity index (χ4v) is 8.67. The molecule has 9 nitrogen and oxygen atoms in total. The van der Waals surface area contributed by atoms with Crippen LogP contribution in [0.1, 0.15) is 86.7 Å². The van der Waals surface area contributed by atoms with Crippen LogP contribution in [0.3, 0.4) is 0 Å². The summed E-state index contributed by atoms with van der Waals surface area (Å²) in [6, 6.07) is 5.37. The molecule has 2 aliphatic heterocycles. The molecule has 7 rings (SSSR count). The lowest BCUT2D eigenvalue weighted by Gasteiger charge is -2.52. The molecule has 2 saturated carbocycles. The Balaban J connectivity index is 1.12. The first-order valence-electron chi connectivity index (χ1n) is 17.0. The molecule has 50 heavy (non-hydrogen) atoms. The molecular weight excluding hydrogens is 681 g/mol. The molecule has 15 heteroatoms. The third-order valence-electron chi connectivity index (χ3n) is 10.7. The highest BCUT2D eigenvalue weighted by Gasteiger charge is 2.71. The summed E-state index contributed by atoms with van der Waals surface area (Å²) in [5.74, 6) is -3.86. The summed E-state index contributed by atoms with van der Waals surface area (Å²) in [6.07, 6.45) is -3.55. The second-order valence-corrected chi connectivity index (χ2v) is 16.3. The lowest BCUT2D eigenvalue weighted by molar-refractivity contribution is -0.205. The number of anilines is 1. The fourth-order valence-electron chi connectivity index (χ4n) is 7.91. The van der Waals surface area contributed by atoms with E-state index in [1.165, 1.54) is 22.6 Å². The van der Waals surface area contributed by atoms with E-state index in [-0.39, 0.29) is 76.7 Å². The van der Waals surface area contributed by atoms with Crippen molar-refractivity contribution in [3.63, 3.8) is 0 Å². The molecule has 1 atom stereocenters. The SMILES string of the molecule is CC(C)(C)OC(=O)c1c(COCC2CN(c3ncnc4ncsc34)CC23CN(C(=O)C2(C(F)(F)F)CC2)C3)cccc1C1CCC(F)(F)CC1. The molecule has 4 heterocycles. The lowest BCUT2D eigenvalue weighted by Crippen LogP contribution is -2.65. The number of halogens is 5. The van der Waals surface area contributed by atoms with Gasteiger partial charge in [-0.2, -0.15) is 13.2 Å². The van der Waals surface area contributed by atoms with Crippen molar-refractivity contribution in [1.82, 2.24) is 19.9 Å². The van der Waals surface area contributed by atoms with Crippen LogP contribution in [0.25, 0.3) is 10.3 Å². The molecule has 1 unspecified atom stereocenters. The summed E-state index contributed by atoms with van der Waals surface area (Å²) in [6.45, 7) is 6.79. The summed E-state index contributed by atoms with van der Waals surface area (Å²) in [4.78, 5) is 43.2. The molecule has 3 aromatic rings. The molecule has 270 valence electrons. The van der Waals surface area contributed by atoms with E-state index < -0.39 is 40.4 Å². The van der Waals surface area contributed by atoms with Crippen molar-refractivity contribution < 1.29 is 41.0 Å². The minimum absolute atomic E-state index is 0.0320. The monoisotopic (exact) mass is 721 g/mol. The van der Waals surface area contributed by atoms with Crippen molar-refractivity contribution in [2.45, 2.75) is 89.5 Å². The van der Waals surface area contributed by atoms with Crippen LogP contribution in [0.15, 0.2) is 30.0 Å². The van der Waals surface area contributed by atoms with Gasteiger partial charge in [-0.3, -0.25) is 4.79 Å². The average molecular weight is 722 g/mol. The van der Waals surface area contributed by atoms with Crippen LogP contribution in [0, 0.1) is 16.7 Å². The Labute approximate surface area is 290 Å². The Bertz CT molecular complexity index is 1770. The van der Waals surface area contributed by atoms with Gasteiger partial charge in [0.05, 0.1) is 24.3 Å². The fraction of sp³-hybridized carbons (Fsp3) is 0.629. The zero-order chi connectivity index (χ0) is 35.7. The van der Waals surface area contributed by atoms with E-state index >= 15 is 0 Å². The Kier molecular flexibility index (Phi) is 8.63. The third-order valence-corrected chi connectivity index (χ3v) is 11.6. The minimum atomic E-state index is -4.59. The van der Waals surface area contributed by atoms with Gasteiger partial charge in [0.1, 0.15) is 22.0 Å². The van der Waals surface area contributed by atoms with Gasteiger partial charge < -0.3 is 19.3 Å². The molecule has 4 fully saturated rings. The predicted molar refractivity (Wildman–Crippen MR) is 175 cm³/mol. The molecule has 1 amide bonds. The predicted octanol–water partition coefficient (Wildman–Crippen LogP) is 7.16. The summed E-state index contributed by atoms with van der Waals surface area (Å²) < 4.78 is 82.5. The second kappa shape index (κ2) is 12.3. The lowest BCUT2D eigenvalue weighted by atomic mass is 9.71. The maximum Gasteiger partial charge on any atom is 0.403 e. The van der Waals surface area contributed by atoms with Gasteiger partial charge in [-0.25, -0.2) is 28.5 Å². The van der Waals surface area contributed by atoms with E-state index in [0.717, 1.165) is 4.70 Å². The smallest absolute Gasteiger partial charge is 0.403 e. The van der Waals surface area contributed by atoms with Crippen LogP contribution in [0.2, 0.25) is 0 Å². The first kappa shape index (κ1) is 35.0. The van der Waals surface area contributed by atoms with Crippen LogP contribution < -0.4 is 4.90 Å². The van der Waals surface area contributed by atoms with Crippen molar-refractivity contribution in [3.05, 3.63) is 46.7 Å². The number of hydrogen-bond donors (Lipinski definition) is 0. The van der Waals surface area contributed by atoms with Gasteiger partial charge in [-0.05, 0) is 63.5 Å². The van der Waals surface area contributed by atoms with Gasteiger partial charge in [0, 0.05) is 50.4 Å². The number of amides is 1. The summed E-state index contributed by atoms with van der Waals surface area (Å²) in [7, 11) is 0. The number of nitrogens with zero attached hydrogens (tertiary/aromatic N) is 5. The first-order valence-corrected chi connectivity index (χ1v) is 17.8. The van der Waals surface area contributed by atoms with Crippen molar-refractivity contribution >= 4 is 39.4 Å². The normalized spacial score (nSPS) is 22.9. The van der Waals surface area contributed by atoms with Crippen LogP contribution in [-0.2, 0) is 20.9 Å². The number of thiazole rings is 1. The maximum atomic E-state index is 14.0. The molecule has 0 bridgehead atoms. The molecular formula is C35H40F5N5O4S. The van der Waals surface area contributed by atoms with Crippen molar-refractivity contribution in [2.75, 3.05) is 37.7 Å². The number of esters is 1.